The normalized spacial score (nSPS) is 19.3. The fraction of sp³-hybridized carbons (Fsp3) is 0.409. The molecule has 0 aromatic heterocycles. The van der Waals surface area contributed by atoms with E-state index in [1.165, 1.54) is 6.07 Å². The maximum atomic E-state index is 13.5. The van der Waals surface area contributed by atoms with Crippen LogP contribution in [0.2, 0.25) is 0 Å². The lowest BCUT2D eigenvalue weighted by atomic mass is 9.89. The number of hydrogen-bond donors (Lipinski definition) is 1. The maximum Gasteiger partial charge on any atom is 0.419 e. The third-order valence-corrected chi connectivity index (χ3v) is 5.59. The predicted molar refractivity (Wildman–Crippen MR) is 106 cm³/mol. The summed E-state index contributed by atoms with van der Waals surface area (Å²) in [6.45, 7) is 0. The number of hydrogen-bond acceptors (Lipinski definition) is 3. The van der Waals surface area contributed by atoms with Crippen LogP contribution in [0.4, 0.5) is 23.2 Å². The number of anilines is 1. The first-order chi connectivity index (χ1) is 14.2. The van der Waals surface area contributed by atoms with E-state index in [0.29, 0.717) is 42.7 Å². The molecule has 0 heterocycles. The van der Waals surface area contributed by atoms with Gasteiger partial charge in [0.25, 0.3) is 5.91 Å². The number of nitrogens with zero attached hydrogens (tertiary/aromatic N) is 1. The Hall–Kier alpha value is -2.77. The molecule has 0 unspecified atom stereocenters. The molecule has 8 heteroatoms. The Morgan fingerprint density at radius 2 is 1.70 bits per heavy atom. The van der Waals surface area contributed by atoms with Gasteiger partial charge >= 0.3 is 6.18 Å². The minimum absolute atomic E-state index is 0.00297. The zero-order chi connectivity index (χ0) is 21.9. The number of ether oxygens (including phenoxy) is 1. The van der Waals surface area contributed by atoms with Crippen LogP contribution < -0.4 is 15.0 Å². The third-order valence-electron chi connectivity index (χ3n) is 5.59. The van der Waals surface area contributed by atoms with Gasteiger partial charge in [-0.15, -0.1) is 0 Å². The van der Waals surface area contributed by atoms with E-state index in [2.05, 4.69) is 5.32 Å². The SMILES string of the molecule is COc1ccc(C(=O)N[C@H]2CC[C@@H](N(C)c3ccc(F)c(C(F)(F)F)c3)CC2)cc1. The molecule has 0 atom stereocenters. The van der Waals surface area contributed by atoms with Crippen LogP contribution in [0.25, 0.3) is 0 Å². The highest BCUT2D eigenvalue weighted by Crippen LogP contribution is 2.35. The predicted octanol–water partition coefficient (Wildman–Crippen LogP) is 5.03. The molecular weight excluding hydrogens is 400 g/mol. The molecule has 0 spiro atoms. The number of carbonyl (C=O) groups is 1. The molecular formula is C22H24F4N2O2. The summed E-state index contributed by atoms with van der Waals surface area (Å²) >= 11 is 0. The lowest BCUT2D eigenvalue weighted by Gasteiger charge is -2.36. The smallest absolute Gasteiger partial charge is 0.419 e. The molecule has 0 aliphatic heterocycles. The summed E-state index contributed by atoms with van der Waals surface area (Å²) in [5.41, 5.74) is -0.386. The third kappa shape index (κ3) is 5.04. The van der Waals surface area contributed by atoms with E-state index in [1.54, 1.807) is 43.3 Å². The van der Waals surface area contributed by atoms with E-state index in [9.17, 15) is 22.4 Å². The lowest BCUT2D eigenvalue weighted by Crippen LogP contribution is -2.43. The average molecular weight is 424 g/mol. The van der Waals surface area contributed by atoms with Crippen LogP contribution in [-0.4, -0.2) is 32.1 Å². The number of amides is 1. The van der Waals surface area contributed by atoms with Crippen LogP contribution in [0.5, 0.6) is 5.75 Å². The molecule has 2 aromatic rings. The maximum absolute atomic E-state index is 13.5. The summed E-state index contributed by atoms with van der Waals surface area (Å²) in [4.78, 5) is 14.2. The zero-order valence-electron chi connectivity index (χ0n) is 16.8. The fourth-order valence-electron chi connectivity index (χ4n) is 3.78. The van der Waals surface area contributed by atoms with Crippen molar-refractivity contribution >= 4 is 11.6 Å². The van der Waals surface area contributed by atoms with E-state index in [-0.39, 0.29) is 18.0 Å². The van der Waals surface area contributed by atoms with Gasteiger partial charge in [0.15, 0.2) is 0 Å². The summed E-state index contributed by atoms with van der Waals surface area (Å²) < 4.78 is 57.6. The van der Waals surface area contributed by atoms with Crippen LogP contribution >= 0.6 is 0 Å². The Morgan fingerprint density at radius 1 is 1.07 bits per heavy atom. The molecule has 1 N–H and O–H groups in total. The first kappa shape index (κ1) is 21.9. The molecule has 30 heavy (non-hydrogen) atoms. The van der Waals surface area contributed by atoms with E-state index in [4.69, 9.17) is 4.74 Å². The number of nitrogens with one attached hydrogen (secondary N) is 1. The number of alkyl halides is 3. The molecule has 0 radical (unpaired) electrons. The number of carbonyl (C=O) groups excluding carboxylic acids is 1. The number of halogens is 4. The van der Waals surface area contributed by atoms with Crippen LogP contribution in [0.1, 0.15) is 41.6 Å². The second-order valence-corrected chi connectivity index (χ2v) is 7.48. The van der Waals surface area contributed by atoms with Crippen molar-refractivity contribution in [2.45, 2.75) is 43.9 Å². The molecule has 1 amide bonds. The molecule has 2 aromatic carbocycles. The summed E-state index contributed by atoms with van der Waals surface area (Å²) in [5, 5.41) is 3.01. The van der Waals surface area contributed by atoms with Gasteiger partial charge in [0.05, 0.1) is 12.7 Å². The first-order valence-corrected chi connectivity index (χ1v) is 9.73. The van der Waals surface area contributed by atoms with E-state index in [0.717, 1.165) is 12.1 Å². The second-order valence-electron chi connectivity index (χ2n) is 7.48. The second kappa shape index (κ2) is 8.93. The summed E-state index contributed by atoms with van der Waals surface area (Å²) in [6, 6.07) is 9.93. The summed E-state index contributed by atoms with van der Waals surface area (Å²) in [7, 11) is 3.27. The van der Waals surface area contributed by atoms with Crippen LogP contribution in [0.3, 0.4) is 0 Å². The molecule has 3 rings (SSSR count). The van der Waals surface area contributed by atoms with Gasteiger partial charge in [-0.3, -0.25) is 4.79 Å². The average Bonchev–Trinajstić information content (AvgIpc) is 2.73. The lowest BCUT2D eigenvalue weighted by molar-refractivity contribution is -0.139. The molecule has 1 saturated carbocycles. The van der Waals surface area contributed by atoms with E-state index < -0.39 is 17.6 Å². The van der Waals surface area contributed by atoms with Gasteiger partial charge in [-0.05, 0) is 68.1 Å². The summed E-state index contributed by atoms with van der Waals surface area (Å²) in [6.07, 6.45) is -1.88. The van der Waals surface area contributed by atoms with Gasteiger partial charge < -0.3 is 15.0 Å². The highest BCUT2D eigenvalue weighted by atomic mass is 19.4. The topological polar surface area (TPSA) is 41.6 Å². The molecule has 1 aliphatic carbocycles. The van der Waals surface area contributed by atoms with Gasteiger partial charge in [0.1, 0.15) is 11.6 Å². The Labute approximate surface area is 172 Å². The largest absolute Gasteiger partial charge is 0.497 e. The highest BCUT2D eigenvalue weighted by Gasteiger charge is 2.35. The number of rotatable bonds is 5. The Kier molecular flexibility index (Phi) is 6.53. The van der Waals surface area contributed by atoms with Crippen molar-refractivity contribution < 1.29 is 27.1 Å². The van der Waals surface area contributed by atoms with E-state index >= 15 is 0 Å². The van der Waals surface area contributed by atoms with Crippen LogP contribution in [0, 0.1) is 5.82 Å². The van der Waals surface area contributed by atoms with Gasteiger partial charge in [-0.25, -0.2) is 4.39 Å². The van der Waals surface area contributed by atoms with Crippen molar-refractivity contribution in [2.24, 2.45) is 0 Å². The number of benzene rings is 2. The van der Waals surface area contributed by atoms with Crippen molar-refractivity contribution in [1.29, 1.82) is 0 Å². The van der Waals surface area contributed by atoms with E-state index in [1.807, 2.05) is 0 Å². The van der Waals surface area contributed by atoms with Gasteiger partial charge in [0, 0.05) is 30.4 Å². The van der Waals surface area contributed by atoms with Crippen molar-refractivity contribution in [3.8, 4) is 5.75 Å². The zero-order valence-corrected chi connectivity index (χ0v) is 16.8. The monoisotopic (exact) mass is 424 g/mol. The van der Waals surface area contributed by atoms with Gasteiger partial charge in [-0.2, -0.15) is 13.2 Å². The van der Waals surface area contributed by atoms with Crippen LogP contribution in [0.15, 0.2) is 42.5 Å². The minimum Gasteiger partial charge on any atom is -0.497 e. The molecule has 4 nitrogen and oxygen atoms in total. The molecule has 162 valence electrons. The van der Waals surface area contributed by atoms with Crippen molar-refractivity contribution in [3.05, 3.63) is 59.4 Å². The molecule has 1 fully saturated rings. The fourth-order valence-corrected chi connectivity index (χ4v) is 3.78. The molecule has 0 saturated heterocycles. The quantitative estimate of drug-likeness (QED) is 0.685. The Balaban J connectivity index is 1.58. The highest BCUT2D eigenvalue weighted by molar-refractivity contribution is 5.94. The number of methoxy groups -OCH3 is 1. The minimum atomic E-state index is -4.73. The first-order valence-electron chi connectivity index (χ1n) is 9.73. The van der Waals surface area contributed by atoms with Crippen molar-refractivity contribution in [2.75, 3.05) is 19.1 Å². The van der Waals surface area contributed by atoms with Crippen LogP contribution in [-0.2, 0) is 6.18 Å². The van der Waals surface area contributed by atoms with Gasteiger partial charge in [-0.1, -0.05) is 0 Å². The Bertz CT molecular complexity index is 876. The molecule has 0 bridgehead atoms. The Morgan fingerprint density at radius 3 is 2.27 bits per heavy atom. The molecule has 1 aliphatic rings. The standard InChI is InChI=1S/C22H24F4N2O2/c1-28(17-9-12-20(23)19(13-17)22(24,25)26)16-7-5-15(6-8-16)27-21(29)14-3-10-18(30-2)11-4-14/h3-4,9-13,15-16H,5-8H2,1-2H3,(H,27,29)/t15-,16+. The van der Waals surface area contributed by atoms with Gasteiger partial charge in [0.2, 0.25) is 0 Å². The summed E-state index contributed by atoms with van der Waals surface area (Å²) in [5.74, 6) is -0.767. The van der Waals surface area contributed by atoms with Crippen molar-refractivity contribution in [1.82, 2.24) is 5.32 Å². The van der Waals surface area contributed by atoms with Crippen molar-refractivity contribution in [3.63, 3.8) is 0 Å².